The SMILES string of the molecule is CC(C)c1cccc(C(C)C)c1-c1cnc(-c2cccc(N(c3ccccc3)c3cccc(-c4ncc(-c5c(C(C)C)cccc5C(C)C)n4-c4ccccc4)c3)c2)n1-c1ccccc1. The summed E-state index contributed by atoms with van der Waals surface area (Å²) in [5, 5.41) is 0. The number of hydrogen-bond donors (Lipinski definition) is 0. The first-order valence-corrected chi connectivity index (χ1v) is 23.2. The lowest BCUT2D eigenvalue weighted by molar-refractivity contribution is 0.834. The molecular formula is C60H59N5. The monoisotopic (exact) mass is 849 g/mol. The summed E-state index contributed by atoms with van der Waals surface area (Å²) in [5.74, 6) is 3.16. The van der Waals surface area contributed by atoms with Gasteiger partial charge in [0, 0.05) is 50.7 Å². The minimum Gasteiger partial charge on any atom is -0.310 e. The van der Waals surface area contributed by atoms with Gasteiger partial charge in [0.15, 0.2) is 0 Å². The van der Waals surface area contributed by atoms with Crippen molar-refractivity contribution in [1.82, 2.24) is 19.1 Å². The molecule has 2 aromatic heterocycles. The highest BCUT2D eigenvalue weighted by Gasteiger charge is 2.25. The van der Waals surface area contributed by atoms with Gasteiger partial charge in [-0.25, -0.2) is 9.97 Å². The van der Waals surface area contributed by atoms with Gasteiger partial charge in [-0.2, -0.15) is 0 Å². The molecule has 0 radical (unpaired) electrons. The summed E-state index contributed by atoms with van der Waals surface area (Å²) in [6.45, 7) is 18.3. The number of benzene rings is 7. The van der Waals surface area contributed by atoms with E-state index in [-0.39, 0.29) is 0 Å². The van der Waals surface area contributed by atoms with Crippen LogP contribution in [0.2, 0.25) is 0 Å². The zero-order valence-electron chi connectivity index (χ0n) is 38.9. The smallest absolute Gasteiger partial charge is 0.145 e. The third-order valence-corrected chi connectivity index (χ3v) is 12.6. The number of nitrogens with zero attached hydrogens (tertiary/aromatic N) is 5. The van der Waals surface area contributed by atoms with Crippen molar-refractivity contribution in [3.8, 4) is 56.7 Å². The van der Waals surface area contributed by atoms with Crippen molar-refractivity contribution in [2.24, 2.45) is 0 Å². The lowest BCUT2D eigenvalue weighted by atomic mass is 9.87. The van der Waals surface area contributed by atoms with Crippen LogP contribution in [0.3, 0.4) is 0 Å². The summed E-state index contributed by atoms with van der Waals surface area (Å²) in [4.78, 5) is 12.9. The largest absolute Gasteiger partial charge is 0.310 e. The van der Waals surface area contributed by atoms with E-state index in [1.807, 2.05) is 0 Å². The van der Waals surface area contributed by atoms with E-state index in [9.17, 15) is 0 Å². The normalized spacial score (nSPS) is 11.6. The van der Waals surface area contributed by atoms with Crippen molar-refractivity contribution in [3.63, 3.8) is 0 Å². The lowest BCUT2D eigenvalue weighted by Gasteiger charge is -2.26. The summed E-state index contributed by atoms with van der Waals surface area (Å²) < 4.78 is 4.70. The number of aromatic nitrogens is 4. The maximum Gasteiger partial charge on any atom is 0.145 e. The van der Waals surface area contributed by atoms with Gasteiger partial charge in [0.05, 0.1) is 23.8 Å². The minimum absolute atomic E-state index is 0.343. The summed E-state index contributed by atoms with van der Waals surface area (Å²) in [6.07, 6.45) is 4.15. The van der Waals surface area contributed by atoms with E-state index in [1.54, 1.807) is 0 Å². The standard InChI is InChI=1S/C60H59N5/c1-40(2)51-32-20-33-52(41(3)4)57(51)55-38-61-59(64(55)47-26-14-10-15-27-47)44-22-18-30-49(36-44)63(46-24-12-9-13-25-46)50-31-19-23-45(37-50)60-62-39-56(65(60)48-28-16-11-17-29-48)58-53(42(5)6)34-21-35-54(58)43(7)8/h9-43H,1-8H3. The molecule has 2 heterocycles. The Morgan fingerprint density at radius 2 is 0.677 bits per heavy atom. The zero-order chi connectivity index (χ0) is 45.2. The van der Waals surface area contributed by atoms with E-state index in [4.69, 9.17) is 9.97 Å². The summed E-state index contributed by atoms with van der Waals surface area (Å²) in [7, 11) is 0. The van der Waals surface area contributed by atoms with Crippen molar-refractivity contribution < 1.29 is 0 Å². The molecule has 0 atom stereocenters. The van der Waals surface area contributed by atoms with Crippen LogP contribution in [0.1, 0.15) is 101 Å². The molecule has 0 bridgehead atoms. The summed E-state index contributed by atoms with van der Waals surface area (Å²) in [6, 6.07) is 63.1. The highest BCUT2D eigenvalue weighted by molar-refractivity contribution is 5.83. The second-order valence-corrected chi connectivity index (χ2v) is 18.3. The molecule has 5 heteroatoms. The Morgan fingerprint density at radius 1 is 0.354 bits per heavy atom. The highest BCUT2D eigenvalue weighted by Crippen LogP contribution is 2.44. The van der Waals surface area contributed by atoms with E-state index in [0.29, 0.717) is 23.7 Å². The average molecular weight is 850 g/mol. The molecule has 0 amide bonds. The fourth-order valence-corrected chi connectivity index (χ4v) is 9.43. The van der Waals surface area contributed by atoms with Gasteiger partial charge in [-0.05, 0) is 107 Å². The van der Waals surface area contributed by atoms with Crippen molar-refractivity contribution in [2.75, 3.05) is 4.90 Å². The minimum atomic E-state index is 0.343. The fourth-order valence-electron chi connectivity index (χ4n) is 9.43. The molecule has 9 rings (SSSR count). The Kier molecular flexibility index (Phi) is 12.2. The molecule has 324 valence electrons. The fraction of sp³-hybridized carbons (Fsp3) is 0.200. The van der Waals surface area contributed by atoms with Crippen molar-refractivity contribution in [3.05, 3.63) is 211 Å². The molecule has 9 aromatic rings. The molecule has 0 fully saturated rings. The van der Waals surface area contributed by atoms with Gasteiger partial charge in [-0.15, -0.1) is 0 Å². The van der Waals surface area contributed by atoms with Crippen LogP contribution in [-0.4, -0.2) is 19.1 Å². The molecule has 0 unspecified atom stereocenters. The van der Waals surface area contributed by atoms with Crippen molar-refractivity contribution >= 4 is 17.1 Å². The van der Waals surface area contributed by atoms with Crippen LogP contribution in [0.4, 0.5) is 17.1 Å². The van der Waals surface area contributed by atoms with E-state index >= 15 is 0 Å². The molecule has 0 N–H and O–H groups in total. The first-order chi connectivity index (χ1) is 31.6. The van der Waals surface area contributed by atoms with Crippen LogP contribution in [0.25, 0.3) is 56.7 Å². The molecular weight excluding hydrogens is 791 g/mol. The number of imidazole rings is 2. The topological polar surface area (TPSA) is 38.9 Å². The molecule has 0 saturated carbocycles. The van der Waals surface area contributed by atoms with Gasteiger partial charge in [-0.3, -0.25) is 9.13 Å². The summed E-state index contributed by atoms with van der Waals surface area (Å²) >= 11 is 0. The quantitative estimate of drug-likeness (QED) is 0.116. The highest BCUT2D eigenvalue weighted by atomic mass is 15.1. The van der Waals surface area contributed by atoms with E-state index in [2.05, 4.69) is 258 Å². The third-order valence-electron chi connectivity index (χ3n) is 12.6. The van der Waals surface area contributed by atoms with Crippen LogP contribution < -0.4 is 4.90 Å². The maximum atomic E-state index is 5.27. The molecule has 0 aliphatic carbocycles. The van der Waals surface area contributed by atoms with E-state index < -0.39 is 0 Å². The second kappa shape index (κ2) is 18.5. The van der Waals surface area contributed by atoms with Gasteiger partial charge >= 0.3 is 0 Å². The predicted molar refractivity (Wildman–Crippen MR) is 273 cm³/mol. The molecule has 7 aromatic carbocycles. The Hall–Kier alpha value is -7.24. The Bertz CT molecular complexity index is 2800. The van der Waals surface area contributed by atoms with Crippen molar-refractivity contribution in [2.45, 2.75) is 79.1 Å². The Balaban J connectivity index is 1.21. The Morgan fingerprint density at radius 3 is 1.03 bits per heavy atom. The average Bonchev–Trinajstić information content (AvgIpc) is 3.98. The number of anilines is 3. The molecule has 5 nitrogen and oxygen atoms in total. The number of para-hydroxylation sites is 3. The third kappa shape index (κ3) is 8.35. The molecule has 0 aliphatic rings. The number of hydrogen-bond acceptors (Lipinski definition) is 3. The molecule has 0 aliphatic heterocycles. The van der Waals surface area contributed by atoms with Gasteiger partial charge in [0.25, 0.3) is 0 Å². The molecule has 0 saturated heterocycles. The summed E-state index contributed by atoms with van der Waals surface area (Å²) in [5.41, 5.74) is 17.4. The maximum absolute atomic E-state index is 5.27. The second-order valence-electron chi connectivity index (χ2n) is 18.3. The van der Waals surface area contributed by atoms with Crippen LogP contribution in [-0.2, 0) is 0 Å². The first kappa shape index (κ1) is 43.0. The number of rotatable bonds is 13. The van der Waals surface area contributed by atoms with Gasteiger partial charge in [0.2, 0.25) is 0 Å². The van der Waals surface area contributed by atoms with Crippen LogP contribution in [0.5, 0.6) is 0 Å². The lowest BCUT2D eigenvalue weighted by Crippen LogP contribution is -2.11. The van der Waals surface area contributed by atoms with Gasteiger partial charge in [-0.1, -0.05) is 171 Å². The van der Waals surface area contributed by atoms with Gasteiger partial charge < -0.3 is 4.90 Å². The van der Waals surface area contributed by atoms with Crippen LogP contribution in [0.15, 0.2) is 188 Å². The van der Waals surface area contributed by atoms with E-state index in [0.717, 1.165) is 62.6 Å². The molecule has 65 heavy (non-hydrogen) atoms. The van der Waals surface area contributed by atoms with Crippen molar-refractivity contribution in [1.29, 1.82) is 0 Å². The predicted octanol–water partition coefficient (Wildman–Crippen LogP) is 16.7. The first-order valence-electron chi connectivity index (χ1n) is 23.2. The Labute approximate surface area is 385 Å². The van der Waals surface area contributed by atoms with Gasteiger partial charge in [0.1, 0.15) is 11.6 Å². The zero-order valence-corrected chi connectivity index (χ0v) is 38.9. The van der Waals surface area contributed by atoms with Crippen LogP contribution >= 0.6 is 0 Å². The van der Waals surface area contributed by atoms with E-state index in [1.165, 1.54) is 33.4 Å². The molecule has 0 spiro atoms. The van der Waals surface area contributed by atoms with Crippen LogP contribution in [0, 0.1) is 0 Å².